The van der Waals surface area contributed by atoms with Crippen molar-refractivity contribution in [1.82, 2.24) is 10.2 Å². The van der Waals surface area contributed by atoms with Gasteiger partial charge in [-0.15, -0.1) is 10.2 Å². The Bertz CT molecular complexity index is 192. The van der Waals surface area contributed by atoms with Gasteiger partial charge in [0.2, 0.25) is 12.3 Å². The molecule has 0 amide bonds. The molecule has 4 heteroatoms. The van der Waals surface area contributed by atoms with Gasteiger partial charge in [-0.25, -0.2) is 0 Å². The molecule has 0 bridgehead atoms. The van der Waals surface area contributed by atoms with Crippen LogP contribution in [0, 0.1) is 0 Å². The maximum Gasteiger partial charge on any atom is 0.221 e. The molecule has 0 N–H and O–H groups in total. The molecule has 0 aliphatic carbocycles. The minimum Gasteiger partial charge on any atom is -0.428 e. The highest BCUT2D eigenvalue weighted by molar-refractivity contribution is 4.90. The molecule has 2 rings (SSSR count). The highest BCUT2D eigenvalue weighted by atomic mass is 16.5. The Morgan fingerprint density at radius 2 is 2.60 bits per heavy atom. The zero-order chi connectivity index (χ0) is 6.81. The highest BCUT2D eigenvalue weighted by Gasteiger charge is 2.21. The van der Waals surface area contributed by atoms with Crippen molar-refractivity contribution >= 4 is 0 Å². The minimum absolute atomic E-state index is 0.336. The first-order valence-corrected chi connectivity index (χ1v) is 3.30. The molecule has 0 spiro atoms. The Kier molecular flexibility index (Phi) is 1.39. The van der Waals surface area contributed by atoms with Gasteiger partial charge in [0, 0.05) is 6.61 Å². The Balaban J connectivity index is 2.12. The monoisotopic (exact) mass is 140 g/mol. The van der Waals surface area contributed by atoms with Crippen molar-refractivity contribution < 1.29 is 9.15 Å². The second-order valence-corrected chi connectivity index (χ2v) is 2.34. The molecule has 0 aromatic carbocycles. The summed E-state index contributed by atoms with van der Waals surface area (Å²) in [5, 5.41) is 7.40. The van der Waals surface area contributed by atoms with Gasteiger partial charge in [-0.1, -0.05) is 0 Å². The first kappa shape index (κ1) is 5.85. The first-order chi connectivity index (χ1) is 4.97. The van der Waals surface area contributed by atoms with Crippen molar-refractivity contribution in [2.24, 2.45) is 0 Å². The van der Waals surface area contributed by atoms with Gasteiger partial charge in [0.25, 0.3) is 0 Å². The average Bonchev–Trinajstić information content (AvgIpc) is 2.59. The quantitative estimate of drug-likeness (QED) is 0.572. The molecule has 2 heterocycles. The normalized spacial score (nSPS) is 25.4. The van der Waals surface area contributed by atoms with Crippen LogP contribution in [0.25, 0.3) is 0 Å². The second-order valence-electron chi connectivity index (χ2n) is 2.34. The van der Waals surface area contributed by atoms with E-state index < -0.39 is 0 Å². The molecule has 1 unspecified atom stereocenters. The third-order valence-corrected chi connectivity index (χ3v) is 1.66. The highest BCUT2D eigenvalue weighted by Crippen LogP contribution is 2.22. The standard InChI is InChI=1S/C6H8N2O2/c1-2-9-3-5(1)6-8-7-4-10-6/h4-5H,1-3H2. The topological polar surface area (TPSA) is 48.2 Å². The molecule has 0 radical (unpaired) electrons. The molecule has 1 aromatic heterocycles. The summed E-state index contributed by atoms with van der Waals surface area (Å²) < 4.78 is 10.2. The summed E-state index contributed by atoms with van der Waals surface area (Å²) in [5.41, 5.74) is 0. The van der Waals surface area contributed by atoms with Gasteiger partial charge in [0.15, 0.2) is 0 Å². The molecule has 1 saturated heterocycles. The van der Waals surface area contributed by atoms with E-state index >= 15 is 0 Å². The summed E-state index contributed by atoms with van der Waals surface area (Å²) in [6, 6.07) is 0. The summed E-state index contributed by atoms with van der Waals surface area (Å²) in [4.78, 5) is 0. The lowest BCUT2D eigenvalue weighted by Crippen LogP contribution is -1.97. The summed E-state index contributed by atoms with van der Waals surface area (Å²) in [5.74, 6) is 1.04. The van der Waals surface area contributed by atoms with Crippen LogP contribution in [-0.4, -0.2) is 23.4 Å². The van der Waals surface area contributed by atoms with Crippen molar-refractivity contribution in [1.29, 1.82) is 0 Å². The van der Waals surface area contributed by atoms with Gasteiger partial charge < -0.3 is 9.15 Å². The molecule has 54 valence electrons. The summed E-state index contributed by atoms with van der Waals surface area (Å²) in [6.45, 7) is 1.54. The largest absolute Gasteiger partial charge is 0.428 e. The van der Waals surface area contributed by atoms with Crippen molar-refractivity contribution in [2.75, 3.05) is 13.2 Å². The fourth-order valence-electron chi connectivity index (χ4n) is 1.09. The lowest BCUT2D eigenvalue weighted by Gasteiger charge is -1.96. The van der Waals surface area contributed by atoms with Gasteiger partial charge in [0.05, 0.1) is 12.5 Å². The van der Waals surface area contributed by atoms with Crippen LogP contribution in [0.2, 0.25) is 0 Å². The number of ether oxygens (including phenoxy) is 1. The number of hydrogen-bond acceptors (Lipinski definition) is 4. The maximum absolute atomic E-state index is 5.15. The average molecular weight is 140 g/mol. The molecule has 4 nitrogen and oxygen atoms in total. The molecule has 1 aliphatic heterocycles. The van der Waals surface area contributed by atoms with Crippen LogP contribution < -0.4 is 0 Å². The molecular weight excluding hydrogens is 132 g/mol. The van der Waals surface area contributed by atoms with Crippen LogP contribution >= 0.6 is 0 Å². The van der Waals surface area contributed by atoms with E-state index in [9.17, 15) is 0 Å². The van der Waals surface area contributed by atoms with Gasteiger partial charge in [-0.05, 0) is 6.42 Å². The van der Waals surface area contributed by atoms with Crippen LogP contribution in [0.4, 0.5) is 0 Å². The van der Waals surface area contributed by atoms with E-state index in [1.165, 1.54) is 6.39 Å². The number of nitrogens with zero attached hydrogens (tertiary/aromatic N) is 2. The first-order valence-electron chi connectivity index (χ1n) is 3.30. The van der Waals surface area contributed by atoms with Crippen molar-refractivity contribution in [3.8, 4) is 0 Å². The molecule has 1 aliphatic rings. The van der Waals surface area contributed by atoms with E-state index in [2.05, 4.69) is 10.2 Å². The van der Waals surface area contributed by atoms with Crippen LogP contribution in [0.1, 0.15) is 18.2 Å². The molecule has 1 fully saturated rings. The van der Waals surface area contributed by atoms with Crippen molar-refractivity contribution in [3.63, 3.8) is 0 Å². The van der Waals surface area contributed by atoms with Crippen LogP contribution in [0.3, 0.4) is 0 Å². The fourth-order valence-corrected chi connectivity index (χ4v) is 1.09. The number of aromatic nitrogens is 2. The van der Waals surface area contributed by atoms with Crippen LogP contribution in [0.5, 0.6) is 0 Å². The van der Waals surface area contributed by atoms with Gasteiger partial charge in [-0.3, -0.25) is 0 Å². The minimum atomic E-state index is 0.336. The van der Waals surface area contributed by atoms with E-state index in [0.29, 0.717) is 11.8 Å². The third-order valence-electron chi connectivity index (χ3n) is 1.66. The zero-order valence-corrected chi connectivity index (χ0v) is 5.49. The van der Waals surface area contributed by atoms with Gasteiger partial charge in [0.1, 0.15) is 0 Å². The predicted molar refractivity (Wildman–Crippen MR) is 32.5 cm³/mol. The predicted octanol–water partition coefficient (Wildman–Crippen LogP) is 0.574. The maximum atomic E-state index is 5.15. The smallest absolute Gasteiger partial charge is 0.221 e. The van der Waals surface area contributed by atoms with E-state index in [-0.39, 0.29) is 0 Å². The summed E-state index contributed by atoms with van der Waals surface area (Å²) in [7, 11) is 0. The van der Waals surface area contributed by atoms with E-state index in [4.69, 9.17) is 9.15 Å². The van der Waals surface area contributed by atoms with Gasteiger partial charge in [-0.2, -0.15) is 0 Å². The molecule has 10 heavy (non-hydrogen) atoms. The van der Waals surface area contributed by atoms with Crippen LogP contribution in [0.15, 0.2) is 10.8 Å². The van der Waals surface area contributed by atoms with E-state index in [0.717, 1.165) is 19.6 Å². The molecule has 0 saturated carbocycles. The number of hydrogen-bond donors (Lipinski definition) is 0. The van der Waals surface area contributed by atoms with E-state index in [1.807, 2.05) is 0 Å². The Hall–Kier alpha value is -0.900. The summed E-state index contributed by atoms with van der Waals surface area (Å²) >= 11 is 0. The van der Waals surface area contributed by atoms with Crippen molar-refractivity contribution in [3.05, 3.63) is 12.3 Å². The Morgan fingerprint density at radius 3 is 3.20 bits per heavy atom. The van der Waals surface area contributed by atoms with E-state index in [1.54, 1.807) is 0 Å². The third kappa shape index (κ3) is 0.903. The SMILES string of the molecule is c1nnc(C2CCOC2)o1. The lowest BCUT2D eigenvalue weighted by atomic mass is 10.1. The second kappa shape index (κ2) is 2.38. The Morgan fingerprint density at radius 1 is 1.60 bits per heavy atom. The Labute approximate surface area is 58.2 Å². The molecule has 1 aromatic rings. The van der Waals surface area contributed by atoms with Crippen molar-refractivity contribution in [2.45, 2.75) is 12.3 Å². The van der Waals surface area contributed by atoms with Gasteiger partial charge >= 0.3 is 0 Å². The fraction of sp³-hybridized carbons (Fsp3) is 0.667. The lowest BCUT2D eigenvalue weighted by molar-refractivity contribution is 0.190. The molecular formula is C6H8N2O2. The number of rotatable bonds is 1. The summed E-state index contributed by atoms with van der Waals surface area (Å²) in [6.07, 6.45) is 2.36. The van der Waals surface area contributed by atoms with Crippen LogP contribution in [-0.2, 0) is 4.74 Å². The molecule has 1 atom stereocenters. The zero-order valence-electron chi connectivity index (χ0n) is 5.49.